The molecule has 9 unspecified atom stereocenters. The molecule has 0 amide bonds. The van der Waals surface area contributed by atoms with Gasteiger partial charge in [-0.15, -0.1) is 0 Å². The molecule has 0 aliphatic heterocycles. The molecule has 9 atom stereocenters. The normalized spacial score (nSPS) is 73.6. The van der Waals surface area contributed by atoms with Gasteiger partial charge in [0.05, 0.1) is 0 Å². The van der Waals surface area contributed by atoms with Crippen LogP contribution >= 0.6 is 0 Å². The lowest BCUT2D eigenvalue weighted by Gasteiger charge is -2.63. The number of hydrogen-bond donors (Lipinski definition) is 0. The predicted molar refractivity (Wildman–Crippen MR) is 47.9 cm³/mol. The smallest absolute Gasteiger partial charge is 0.207 e. The van der Waals surface area contributed by atoms with Crippen LogP contribution in [-0.4, -0.2) is 11.5 Å². The maximum atomic E-state index is 10.6. The first-order valence-corrected chi connectivity index (χ1v) is 5.91. The summed E-state index contributed by atoms with van der Waals surface area (Å²) in [7, 11) is 0. The Morgan fingerprint density at radius 1 is 1.00 bits per heavy atom. The summed E-state index contributed by atoms with van der Waals surface area (Å²) in [5, 5.41) is 10.6. The fourth-order valence-electron chi connectivity index (χ4n) is 6.81. The van der Waals surface area contributed by atoms with E-state index >= 15 is 0 Å². The van der Waals surface area contributed by atoms with Crippen molar-refractivity contribution in [1.82, 2.24) is 0 Å². The Labute approximate surface area is 82.0 Å². The van der Waals surface area contributed by atoms with Crippen LogP contribution in [0.1, 0.15) is 6.42 Å². The van der Waals surface area contributed by atoms with E-state index < -0.39 is 0 Å². The van der Waals surface area contributed by atoms with Gasteiger partial charge >= 0.3 is 0 Å². The van der Waals surface area contributed by atoms with Gasteiger partial charge in [0.2, 0.25) is 6.54 Å². The topological polar surface area (TPSA) is 43.1 Å². The fourth-order valence-corrected chi connectivity index (χ4v) is 6.81. The lowest BCUT2D eigenvalue weighted by atomic mass is 9.41. The van der Waals surface area contributed by atoms with Gasteiger partial charge in [-0.3, -0.25) is 10.1 Å². The Bertz CT molecular complexity index is 364. The molecule has 6 aliphatic rings. The third kappa shape index (κ3) is 0.402. The molecule has 4 bridgehead atoms. The Morgan fingerprint density at radius 3 is 2.29 bits per heavy atom. The highest BCUT2D eigenvalue weighted by molar-refractivity contribution is 5.33. The summed E-state index contributed by atoms with van der Waals surface area (Å²) >= 11 is 0. The second-order valence-electron chi connectivity index (χ2n) is 6.21. The molecule has 6 saturated carbocycles. The zero-order valence-electron chi connectivity index (χ0n) is 7.87. The van der Waals surface area contributed by atoms with Crippen molar-refractivity contribution in [3.05, 3.63) is 10.1 Å². The molecule has 0 heterocycles. The van der Waals surface area contributed by atoms with Crippen LogP contribution in [0.4, 0.5) is 0 Å². The maximum Gasteiger partial charge on any atom is 0.207 e. The van der Waals surface area contributed by atoms with Crippen LogP contribution in [0.3, 0.4) is 0 Å². The van der Waals surface area contributed by atoms with Crippen molar-refractivity contribution in [2.75, 3.05) is 6.54 Å². The molecule has 0 N–H and O–H groups in total. The second-order valence-corrected chi connectivity index (χ2v) is 6.21. The van der Waals surface area contributed by atoms with Crippen LogP contribution in [0.2, 0.25) is 0 Å². The summed E-state index contributed by atoms with van der Waals surface area (Å²) in [4.78, 5) is 10.6. The van der Waals surface area contributed by atoms with Gasteiger partial charge in [-0.2, -0.15) is 0 Å². The largest absolute Gasteiger partial charge is 0.265 e. The van der Waals surface area contributed by atoms with Crippen molar-refractivity contribution >= 4 is 0 Å². The van der Waals surface area contributed by atoms with E-state index in [4.69, 9.17) is 0 Å². The Balaban J connectivity index is 1.59. The third-order valence-corrected chi connectivity index (χ3v) is 6.54. The lowest BCUT2D eigenvalue weighted by Crippen LogP contribution is -2.60. The average molecular weight is 191 g/mol. The Hall–Kier alpha value is -0.600. The first kappa shape index (κ1) is 6.81. The van der Waals surface area contributed by atoms with Crippen LogP contribution in [0.15, 0.2) is 0 Å². The van der Waals surface area contributed by atoms with Gasteiger partial charge in [0.25, 0.3) is 0 Å². The molecule has 0 spiro atoms. The average Bonchev–Trinajstić information content (AvgIpc) is 2.55. The van der Waals surface area contributed by atoms with Gasteiger partial charge in [0, 0.05) is 10.8 Å². The molecule has 0 radical (unpaired) electrons. The maximum absolute atomic E-state index is 10.6. The minimum atomic E-state index is -0.0600. The summed E-state index contributed by atoms with van der Waals surface area (Å²) in [6.45, 7) is 0.286. The van der Waals surface area contributed by atoms with Crippen LogP contribution < -0.4 is 0 Å². The van der Waals surface area contributed by atoms with E-state index in [1.165, 1.54) is 6.42 Å². The SMILES string of the molecule is O=[N+]([O-])CC1C2C3CC4C2C2C1C3C42. The van der Waals surface area contributed by atoms with Gasteiger partial charge in [0.15, 0.2) is 0 Å². The molecule has 6 aliphatic carbocycles. The van der Waals surface area contributed by atoms with E-state index in [-0.39, 0.29) is 11.5 Å². The van der Waals surface area contributed by atoms with Gasteiger partial charge in [0.1, 0.15) is 0 Å². The highest BCUT2D eigenvalue weighted by Gasteiger charge is 2.87. The summed E-state index contributed by atoms with van der Waals surface area (Å²) < 4.78 is 0. The predicted octanol–water partition coefficient (Wildman–Crippen LogP) is 1.27. The number of nitro groups is 1. The van der Waals surface area contributed by atoms with Crippen LogP contribution in [0, 0.1) is 63.4 Å². The van der Waals surface area contributed by atoms with E-state index in [0.717, 1.165) is 47.3 Å². The van der Waals surface area contributed by atoms with Crippen molar-refractivity contribution in [3.63, 3.8) is 0 Å². The van der Waals surface area contributed by atoms with E-state index in [1.54, 1.807) is 0 Å². The van der Waals surface area contributed by atoms with Crippen molar-refractivity contribution in [2.24, 2.45) is 53.3 Å². The van der Waals surface area contributed by atoms with Gasteiger partial charge in [-0.05, 0) is 53.8 Å². The monoisotopic (exact) mass is 191 g/mol. The molecule has 0 aromatic carbocycles. The number of hydrogen-bond acceptors (Lipinski definition) is 2. The van der Waals surface area contributed by atoms with Gasteiger partial charge in [-0.25, -0.2) is 0 Å². The molecule has 0 aromatic rings. The summed E-state index contributed by atoms with van der Waals surface area (Å²) in [5.41, 5.74) is 0. The van der Waals surface area contributed by atoms with Gasteiger partial charge in [-0.1, -0.05) is 0 Å². The van der Waals surface area contributed by atoms with E-state index in [9.17, 15) is 10.1 Å². The molecule has 74 valence electrons. The van der Waals surface area contributed by atoms with Gasteiger partial charge < -0.3 is 0 Å². The standard InChI is InChI=1S/C11H13NO2/c13-12(14)2-5-6-3-1-4-7(6)11-9(4)8(3)10(5)11/h3-11H,1-2H2. The van der Waals surface area contributed by atoms with E-state index in [1.807, 2.05) is 0 Å². The summed E-state index contributed by atoms with van der Waals surface area (Å²) in [5.74, 6) is 8.04. The highest BCUT2D eigenvalue weighted by Crippen LogP contribution is 2.89. The van der Waals surface area contributed by atoms with Crippen molar-refractivity contribution in [3.8, 4) is 0 Å². The van der Waals surface area contributed by atoms with Crippen LogP contribution in [0.25, 0.3) is 0 Å². The number of nitrogens with zero attached hydrogens (tertiary/aromatic N) is 1. The summed E-state index contributed by atoms with van der Waals surface area (Å²) in [6, 6.07) is 0. The molecule has 0 aromatic heterocycles. The Morgan fingerprint density at radius 2 is 1.64 bits per heavy atom. The molecule has 3 nitrogen and oxygen atoms in total. The van der Waals surface area contributed by atoms with E-state index in [2.05, 4.69) is 0 Å². The quantitative estimate of drug-likeness (QED) is 0.487. The molecule has 3 heteroatoms. The van der Waals surface area contributed by atoms with Crippen molar-refractivity contribution < 1.29 is 4.92 Å². The fraction of sp³-hybridized carbons (Fsp3) is 1.00. The second kappa shape index (κ2) is 1.63. The molecular formula is C11H13NO2. The molecule has 14 heavy (non-hydrogen) atoms. The summed E-state index contributed by atoms with van der Waals surface area (Å²) in [6.07, 6.45) is 1.45. The third-order valence-electron chi connectivity index (χ3n) is 6.54. The lowest BCUT2D eigenvalue weighted by molar-refractivity contribution is -0.490. The first-order valence-electron chi connectivity index (χ1n) is 5.91. The minimum Gasteiger partial charge on any atom is -0.265 e. The van der Waals surface area contributed by atoms with Crippen molar-refractivity contribution in [1.29, 1.82) is 0 Å². The van der Waals surface area contributed by atoms with Crippen molar-refractivity contribution in [2.45, 2.75) is 6.42 Å². The highest BCUT2D eigenvalue weighted by atomic mass is 16.6. The van der Waals surface area contributed by atoms with E-state index in [0.29, 0.717) is 5.92 Å². The molecule has 0 saturated heterocycles. The van der Waals surface area contributed by atoms with Crippen LogP contribution in [0.5, 0.6) is 0 Å². The first-order chi connectivity index (χ1) is 6.79. The molecule has 6 fully saturated rings. The zero-order valence-corrected chi connectivity index (χ0v) is 7.87. The minimum absolute atomic E-state index is 0.0600. The van der Waals surface area contributed by atoms with Crippen LogP contribution in [-0.2, 0) is 0 Å². The molecule has 6 rings (SSSR count). The zero-order chi connectivity index (χ0) is 9.19. The Kier molecular flexibility index (Phi) is 0.794. The molecular weight excluding hydrogens is 178 g/mol. The number of rotatable bonds is 2.